The van der Waals surface area contributed by atoms with Crippen LogP contribution in [-0.2, 0) is 11.2 Å². The van der Waals surface area contributed by atoms with Gasteiger partial charge in [-0.2, -0.15) is 0 Å². The minimum absolute atomic E-state index is 0.0241. The molecule has 20 heavy (non-hydrogen) atoms. The normalized spacial score (nSPS) is 10.3. The molecule has 0 aliphatic carbocycles. The molecule has 3 heteroatoms. The summed E-state index contributed by atoms with van der Waals surface area (Å²) in [7, 11) is 0. The van der Waals surface area contributed by atoms with Crippen molar-refractivity contribution in [3.8, 4) is 0 Å². The van der Waals surface area contributed by atoms with Gasteiger partial charge in [0, 0.05) is 17.1 Å². The number of nitrogens with one attached hydrogen (secondary N) is 1. The standard InChI is InChI=1S/C17H18ClNO/c1-12-7-8-14(11-15(12)18)9-10-17(20)19-16-6-4-3-5-13(16)2/h3-8,11H,9-10H2,1-2H3,(H,19,20). The topological polar surface area (TPSA) is 29.1 Å². The molecule has 0 aliphatic rings. The van der Waals surface area contributed by atoms with Gasteiger partial charge >= 0.3 is 0 Å². The molecule has 2 rings (SSSR count). The van der Waals surface area contributed by atoms with Gasteiger partial charge in [-0.15, -0.1) is 0 Å². The Kier molecular flexibility index (Phi) is 4.80. The third kappa shape index (κ3) is 3.84. The first-order valence-corrected chi connectivity index (χ1v) is 7.04. The number of aryl methyl sites for hydroxylation is 3. The molecule has 0 heterocycles. The molecular formula is C17H18ClNO. The van der Waals surface area contributed by atoms with E-state index in [0.29, 0.717) is 12.8 Å². The number of hydrogen-bond acceptors (Lipinski definition) is 1. The number of hydrogen-bond donors (Lipinski definition) is 1. The maximum atomic E-state index is 11.9. The molecule has 0 atom stereocenters. The van der Waals surface area contributed by atoms with Crippen molar-refractivity contribution in [1.82, 2.24) is 0 Å². The SMILES string of the molecule is Cc1ccc(CCC(=O)Nc2ccccc2C)cc1Cl. The molecule has 1 N–H and O–H groups in total. The van der Waals surface area contributed by atoms with Gasteiger partial charge in [-0.05, 0) is 49.1 Å². The van der Waals surface area contributed by atoms with Gasteiger partial charge in [0.15, 0.2) is 0 Å². The summed E-state index contributed by atoms with van der Waals surface area (Å²) in [6.45, 7) is 3.95. The molecular weight excluding hydrogens is 270 g/mol. The lowest BCUT2D eigenvalue weighted by Crippen LogP contribution is -2.13. The number of anilines is 1. The van der Waals surface area contributed by atoms with E-state index in [4.69, 9.17) is 11.6 Å². The highest BCUT2D eigenvalue weighted by molar-refractivity contribution is 6.31. The second-order valence-corrected chi connectivity index (χ2v) is 5.35. The zero-order valence-electron chi connectivity index (χ0n) is 11.7. The van der Waals surface area contributed by atoms with Crippen LogP contribution in [-0.4, -0.2) is 5.91 Å². The molecule has 104 valence electrons. The number of halogens is 1. The van der Waals surface area contributed by atoms with Gasteiger partial charge in [0.2, 0.25) is 5.91 Å². The average Bonchev–Trinajstić information content (AvgIpc) is 2.43. The van der Waals surface area contributed by atoms with E-state index in [-0.39, 0.29) is 5.91 Å². The molecule has 2 aromatic carbocycles. The molecule has 2 aromatic rings. The first kappa shape index (κ1) is 14.6. The summed E-state index contributed by atoms with van der Waals surface area (Å²) in [5, 5.41) is 3.69. The van der Waals surface area contributed by atoms with Crippen molar-refractivity contribution in [2.45, 2.75) is 26.7 Å². The summed E-state index contributed by atoms with van der Waals surface area (Å²) in [6, 6.07) is 13.7. The van der Waals surface area contributed by atoms with E-state index >= 15 is 0 Å². The molecule has 0 aromatic heterocycles. The van der Waals surface area contributed by atoms with E-state index < -0.39 is 0 Å². The first-order valence-electron chi connectivity index (χ1n) is 6.67. The molecule has 1 amide bonds. The van der Waals surface area contributed by atoms with Crippen molar-refractivity contribution < 1.29 is 4.79 Å². The Morgan fingerprint density at radius 3 is 2.55 bits per heavy atom. The quantitative estimate of drug-likeness (QED) is 0.879. The van der Waals surface area contributed by atoms with Crippen LogP contribution in [0.2, 0.25) is 5.02 Å². The Morgan fingerprint density at radius 1 is 1.10 bits per heavy atom. The number of carbonyl (C=O) groups is 1. The van der Waals surface area contributed by atoms with Crippen molar-refractivity contribution >= 4 is 23.2 Å². The largest absolute Gasteiger partial charge is 0.326 e. The highest BCUT2D eigenvalue weighted by atomic mass is 35.5. The van der Waals surface area contributed by atoms with E-state index in [1.165, 1.54) is 0 Å². The predicted octanol–water partition coefficient (Wildman–Crippen LogP) is 4.53. The van der Waals surface area contributed by atoms with E-state index in [2.05, 4.69) is 5.32 Å². The summed E-state index contributed by atoms with van der Waals surface area (Å²) >= 11 is 6.08. The number of para-hydroxylation sites is 1. The monoisotopic (exact) mass is 287 g/mol. The lowest BCUT2D eigenvalue weighted by molar-refractivity contribution is -0.116. The molecule has 0 bridgehead atoms. The van der Waals surface area contributed by atoms with E-state index in [0.717, 1.165) is 27.4 Å². The second-order valence-electron chi connectivity index (χ2n) is 4.95. The van der Waals surface area contributed by atoms with Crippen LogP contribution in [0.25, 0.3) is 0 Å². The van der Waals surface area contributed by atoms with Crippen LogP contribution in [0.1, 0.15) is 23.1 Å². The summed E-state index contributed by atoms with van der Waals surface area (Å²) in [4.78, 5) is 11.9. The van der Waals surface area contributed by atoms with Crippen LogP contribution in [0.4, 0.5) is 5.69 Å². The minimum Gasteiger partial charge on any atom is -0.326 e. The molecule has 0 saturated carbocycles. The van der Waals surface area contributed by atoms with Gasteiger partial charge in [0.05, 0.1) is 0 Å². The molecule has 0 unspecified atom stereocenters. The van der Waals surface area contributed by atoms with Crippen molar-refractivity contribution in [3.05, 3.63) is 64.2 Å². The van der Waals surface area contributed by atoms with Crippen molar-refractivity contribution in [3.63, 3.8) is 0 Å². The maximum Gasteiger partial charge on any atom is 0.224 e. The fourth-order valence-electron chi connectivity index (χ4n) is 1.98. The molecule has 0 saturated heterocycles. The minimum atomic E-state index is 0.0241. The zero-order valence-corrected chi connectivity index (χ0v) is 12.5. The Bertz CT molecular complexity index is 622. The lowest BCUT2D eigenvalue weighted by atomic mass is 10.1. The van der Waals surface area contributed by atoms with E-state index in [1.807, 2.05) is 56.3 Å². The van der Waals surface area contributed by atoms with Gasteiger partial charge < -0.3 is 5.32 Å². The molecule has 0 fully saturated rings. The fraction of sp³-hybridized carbons (Fsp3) is 0.235. The molecule has 2 nitrogen and oxygen atoms in total. The lowest BCUT2D eigenvalue weighted by Gasteiger charge is -2.08. The molecule has 0 radical (unpaired) electrons. The number of carbonyl (C=O) groups excluding carboxylic acids is 1. The average molecular weight is 288 g/mol. The smallest absolute Gasteiger partial charge is 0.224 e. The van der Waals surface area contributed by atoms with Gasteiger partial charge in [-0.1, -0.05) is 41.9 Å². The van der Waals surface area contributed by atoms with Gasteiger partial charge in [-0.3, -0.25) is 4.79 Å². The Morgan fingerprint density at radius 2 is 1.85 bits per heavy atom. The first-order chi connectivity index (χ1) is 9.56. The van der Waals surface area contributed by atoms with E-state index in [1.54, 1.807) is 0 Å². The van der Waals surface area contributed by atoms with Crippen LogP contribution in [0.5, 0.6) is 0 Å². The van der Waals surface area contributed by atoms with Crippen LogP contribution in [0.3, 0.4) is 0 Å². The highest BCUT2D eigenvalue weighted by Crippen LogP contribution is 2.18. The predicted molar refractivity (Wildman–Crippen MR) is 84.3 cm³/mol. The maximum absolute atomic E-state index is 11.9. The third-order valence-electron chi connectivity index (χ3n) is 3.30. The number of amides is 1. The zero-order chi connectivity index (χ0) is 14.5. The summed E-state index contributed by atoms with van der Waals surface area (Å²) < 4.78 is 0. The number of benzene rings is 2. The molecule has 0 aliphatic heterocycles. The summed E-state index contributed by atoms with van der Waals surface area (Å²) in [5.41, 5.74) is 4.08. The number of rotatable bonds is 4. The summed E-state index contributed by atoms with van der Waals surface area (Å²) in [5.74, 6) is 0.0241. The van der Waals surface area contributed by atoms with Crippen molar-refractivity contribution in [2.75, 3.05) is 5.32 Å². The second kappa shape index (κ2) is 6.58. The van der Waals surface area contributed by atoms with Crippen LogP contribution < -0.4 is 5.32 Å². The fourth-order valence-corrected chi connectivity index (χ4v) is 2.18. The van der Waals surface area contributed by atoms with Gasteiger partial charge in [-0.25, -0.2) is 0 Å². The summed E-state index contributed by atoms with van der Waals surface area (Å²) in [6.07, 6.45) is 1.14. The Hall–Kier alpha value is -1.80. The van der Waals surface area contributed by atoms with Crippen LogP contribution >= 0.6 is 11.6 Å². The molecule has 0 spiro atoms. The Labute approximate surface area is 124 Å². The van der Waals surface area contributed by atoms with Crippen molar-refractivity contribution in [2.24, 2.45) is 0 Å². The van der Waals surface area contributed by atoms with Crippen LogP contribution in [0, 0.1) is 13.8 Å². The van der Waals surface area contributed by atoms with E-state index in [9.17, 15) is 4.79 Å². The Balaban J connectivity index is 1.92. The van der Waals surface area contributed by atoms with Gasteiger partial charge in [0.25, 0.3) is 0 Å². The third-order valence-corrected chi connectivity index (χ3v) is 3.70. The van der Waals surface area contributed by atoms with Gasteiger partial charge in [0.1, 0.15) is 0 Å². The van der Waals surface area contributed by atoms with Crippen molar-refractivity contribution in [1.29, 1.82) is 0 Å². The highest BCUT2D eigenvalue weighted by Gasteiger charge is 2.05. The van der Waals surface area contributed by atoms with Crippen LogP contribution in [0.15, 0.2) is 42.5 Å².